The van der Waals surface area contributed by atoms with E-state index in [1.807, 2.05) is 18.3 Å². The minimum atomic E-state index is 0.154. The number of fused-ring (bicyclic) bond motifs is 1. The van der Waals surface area contributed by atoms with Crippen LogP contribution in [0.2, 0.25) is 0 Å². The summed E-state index contributed by atoms with van der Waals surface area (Å²) >= 11 is 0. The van der Waals surface area contributed by atoms with Crippen LogP contribution in [0, 0.1) is 5.92 Å². The molecule has 3 aliphatic rings. The van der Waals surface area contributed by atoms with Crippen molar-refractivity contribution in [1.82, 2.24) is 9.88 Å². The highest BCUT2D eigenvalue weighted by Crippen LogP contribution is 2.36. The van der Waals surface area contributed by atoms with Gasteiger partial charge in [0.1, 0.15) is 0 Å². The lowest BCUT2D eigenvalue weighted by Crippen LogP contribution is -2.46. The third-order valence-electron chi connectivity index (χ3n) is 5.41. The Morgan fingerprint density at radius 3 is 3.00 bits per heavy atom. The van der Waals surface area contributed by atoms with Gasteiger partial charge in [0, 0.05) is 25.4 Å². The van der Waals surface area contributed by atoms with Gasteiger partial charge in [-0.15, -0.1) is 0 Å². The van der Waals surface area contributed by atoms with Gasteiger partial charge < -0.3 is 14.4 Å². The average Bonchev–Trinajstić information content (AvgIpc) is 3.32. The fourth-order valence-corrected chi connectivity index (χ4v) is 3.91. The Kier molecular flexibility index (Phi) is 4.81. The van der Waals surface area contributed by atoms with E-state index in [0.29, 0.717) is 31.1 Å². The van der Waals surface area contributed by atoms with E-state index in [4.69, 9.17) is 9.47 Å². The quantitative estimate of drug-likeness (QED) is 0.804. The zero-order valence-corrected chi connectivity index (χ0v) is 14.1. The number of carbonyl (C=O) groups excluding carboxylic acids is 1. The zero-order valence-electron chi connectivity index (χ0n) is 14.1. The van der Waals surface area contributed by atoms with Crippen molar-refractivity contribution in [3.8, 4) is 0 Å². The molecule has 5 nitrogen and oxygen atoms in total. The Morgan fingerprint density at radius 2 is 2.21 bits per heavy atom. The van der Waals surface area contributed by atoms with E-state index in [1.165, 1.54) is 12.8 Å². The van der Waals surface area contributed by atoms with Crippen LogP contribution in [-0.4, -0.2) is 47.2 Å². The molecular weight excluding hydrogens is 304 g/mol. The molecule has 130 valence electrons. The lowest BCUT2D eigenvalue weighted by molar-refractivity contribution is -0.139. The molecule has 0 bridgehead atoms. The fourth-order valence-electron chi connectivity index (χ4n) is 3.91. The summed E-state index contributed by atoms with van der Waals surface area (Å²) in [6, 6.07) is 4.24. The SMILES string of the molecule is O=C(CC1CC1)N1CC[C@@H]2O[C@@H](COCc3cccnc3)CC[C@@H]21. The van der Waals surface area contributed by atoms with E-state index < -0.39 is 0 Å². The van der Waals surface area contributed by atoms with Crippen LogP contribution in [0.3, 0.4) is 0 Å². The second kappa shape index (κ2) is 7.19. The van der Waals surface area contributed by atoms with Gasteiger partial charge in [-0.05, 0) is 49.7 Å². The van der Waals surface area contributed by atoms with Gasteiger partial charge in [0.15, 0.2) is 0 Å². The van der Waals surface area contributed by atoms with E-state index in [1.54, 1.807) is 6.20 Å². The summed E-state index contributed by atoms with van der Waals surface area (Å²) in [5, 5.41) is 0. The smallest absolute Gasteiger partial charge is 0.223 e. The van der Waals surface area contributed by atoms with Gasteiger partial charge in [0.25, 0.3) is 0 Å². The van der Waals surface area contributed by atoms with Crippen LogP contribution in [0.5, 0.6) is 0 Å². The molecule has 1 saturated carbocycles. The lowest BCUT2D eigenvalue weighted by atomic mass is 9.99. The normalized spacial score (nSPS) is 29.5. The van der Waals surface area contributed by atoms with Crippen LogP contribution in [0.1, 0.15) is 44.1 Å². The molecule has 3 fully saturated rings. The van der Waals surface area contributed by atoms with E-state index in [0.717, 1.165) is 37.8 Å². The molecule has 1 aliphatic carbocycles. The third kappa shape index (κ3) is 3.78. The molecule has 5 heteroatoms. The van der Waals surface area contributed by atoms with Crippen LogP contribution in [0.25, 0.3) is 0 Å². The largest absolute Gasteiger partial charge is 0.374 e. The zero-order chi connectivity index (χ0) is 16.4. The molecule has 0 spiro atoms. The van der Waals surface area contributed by atoms with Crippen LogP contribution >= 0.6 is 0 Å². The predicted octanol–water partition coefficient (Wildman–Crippen LogP) is 2.55. The number of hydrogen-bond acceptors (Lipinski definition) is 4. The number of hydrogen-bond donors (Lipinski definition) is 0. The molecule has 0 radical (unpaired) electrons. The highest BCUT2D eigenvalue weighted by Gasteiger charge is 2.42. The van der Waals surface area contributed by atoms with Gasteiger partial charge >= 0.3 is 0 Å². The summed E-state index contributed by atoms with van der Waals surface area (Å²) in [7, 11) is 0. The molecule has 1 aromatic heterocycles. The van der Waals surface area contributed by atoms with Crippen molar-refractivity contribution >= 4 is 5.91 Å². The molecule has 0 aromatic carbocycles. The van der Waals surface area contributed by atoms with E-state index in [9.17, 15) is 4.79 Å². The Hall–Kier alpha value is -1.46. The number of rotatable bonds is 6. The Bertz CT molecular complexity index is 561. The van der Waals surface area contributed by atoms with Gasteiger partial charge in [-0.25, -0.2) is 0 Å². The van der Waals surface area contributed by atoms with Crippen molar-refractivity contribution in [3.05, 3.63) is 30.1 Å². The first-order valence-electron chi connectivity index (χ1n) is 9.21. The molecule has 3 heterocycles. The Balaban J connectivity index is 1.22. The molecular formula is C19H26N2O3. The molecule has 1 aromatic rings. The van der Waals surface area contributed by atoms with Crippen molar-refractivity contribution in [1.29, 1.82) is 0 Å². The number of amides is 1. The molecule has 2 saturated heterocycles. The van der Waals surface area contributed by atoms with Crippen molar-refractivity contribution in [3.63, 3.8) is 0 Å². The molecule has 0 N–H and O–H groups in total. The third-order valence-corrected chi connectivity index (χ3v) is 5.41. The van der Waals surface area contributed by atoms with Gasteiger partial charge in [0.2, 0.25) is 5.91 Å². The fraction of sp³-hybridized carbons (Fsp3) is 0.684. The maximum absolute atomic E-state index is 12.4. The van der Waals surface area contributed by atoms with Crippen LogP contribution in [0.15, 0.2) is 24.5 Å². The summed E-state index contributed by atoms with van der Waals surface area (Å²) < 4.78 is 12.0. The van der Waals surface area contributed by atoms with Crippen molar-refractivity contribution in [2.24, 2.45) is 5.92 Å². The summed E-state index contributed by atoms with van der Waals surface area (Å²) in [6.45, 7) is 2.06. The first-order chi connectivity index (χ1) is 11.8. The van der Waals surface area contributed by atoms with Crippen molar-refractivity contribution in [2.75, 3.05) is 13.2 Å². The maximum atomic E-state index is 12.4. The Labute approximate surface area is 143 Å². The molecule has 4 rings (SSSR count). The highest BCUT2D eigenvalue weighted by atomic mass is 16.5. The number of ether oxygens (including phenoxy) is 2. The van der Waals surface area contributed by atoms with E-state index >= 15 is 0 Å². The number of carbonyl (C=O) groups is 1. The monoisotopic (exact) mass is 330 g/mol. The standard InChI is InChI=1S/C19H26N2O3/c22-19(10-14-3-4-14)21-9-7-18-17(21)6-5-16(24-18)13-23-12-15-2-1-8-20-11-15/h1-2,8,11,14,16-18H,3-7,9-10,12-13H2/t16-,17+,18+/m1/s1. The van der Waals surface area contributed by atoms with E-state index in [2.05, 4.69) is 9.88 Å². The van der Waals surface area contributed by atoms with Gasteiger partial charge in [-0.2, -0.15) is 0 Å². The second-order valence-electron chi connectivity index (χ2n) is 7.34. The number of pyridine rings is 1. The van der Waals surface area contributed by atoms with Crippen LogP contribution < -0.4 is 0 Å². The summed E-state index contributed by atoms with van der Waals surface area (Å²) in [4.78, 5) is 18.6. The Morgan fingerprint density at radius 1 is 1.29 bits per heavy atom. The van der Waals surface area contributed by atoms with Gasteiger partial charge in [0.05, 0.1) is 31.5 Å². The first kappa shape index (κ1) is 16.0. The van der Waals surface area contributed by atoms with Gasteiger partial charge in [-0.1, -0.05) is 6.07 Å². The molecule has 3 atom stereocenters. The minimum absolute atomic E-state index is 0.154. The highest BCUT2D eigenvalue weighted by molar-refractivity contribution is 5.77. The average molecular weight is 330 g/mol. The molecule has 2 aliphatic heterocycles. The molecule has 24 heavy (non-hydrogen) atoms. The summed E-state index contributed by atoms with van der Waals surface area (Å²) in [6.07, 6.45) is 10.2. The number of likely N-dealkylation sites (tertiary alicyclic amines) is 1. The van der Waals surface area contributed by atoms with Crippen LogP contribution in [-0.2, 0) is 20.9 Å². The number of nitrogens with zero attached hydrogens (tertiary/aromatic N) is 2. The molecule has 1 amide bonds. The maximum Gasteiger partial charge on any atom is 0.223 e. The topological polar surface area (TPSA) is 51.7 Å². The van der Waals surface area contributed by atoms with E-state index in [-0.39, 0.29) is 12.2 Å². The van der Waals surface area contributed by atoms with Crippen molar-refractivity contribution in [2.45, 2.75) is 63.4 Å². The lowest BCUT2D eigenvalue weighted by Gasteiger charge is -2.36. The predicted molar refractivity (Wildman–Crippen MR) is 89.2 cm³/mol. The summed E-state index contributed by atoms with van der Waals surface area (Å²) in [5.41, 5.74) is 1.09. The van der Waals surface area contributed by atoms with Crippen LogP contribution in [0.4, 0.5) is 0 Å². The molecule has 0 unspecified atom stereocenters. The first-order valence-corrected chi connectivity index (χ1v) is 9.21. The summed E-state index contributed by atoms with van der Waals surface area (Å²) in [5.74, 6) is 1.01. The second-order valence-corrected chi connectivity index (χ2v) is 7.34. The minimum Gasteiger partial charge on any atom is -0.374 e. The van der Waals surface area contributed by atoms with Crippen molar-refractivity contribution < 1.29 is 14.3 Å². The number of aromatic nitrogens is 1. The van der Waals surface area contributed by atoms with Gasteiger partial charge in [-0.3, -0.25) is 9.78 Å².